The number of hydrogen-bond donors (Lipinski definition) is 0. The lowest BCUT2D eigenvalue weighted by atomic mass is 9.97. The topological polar surface area (TPSA) is 141 Å². The maximum atomic E-state index is 13.4. The van der Waals surface area contributed by atoms with Crippen molar-refractivity contribution >= 4 is 45.8 Å². The molecular formula is C36H29BrO11. The first-order valence-electron chi connectivity index (χ1n) is 14.7. The zero-order chi connectivity index (χ0) is 33.9. The highest BCUT2D eigenvalue weighted by atomic mass is 79.9. The van der Waals surface area contributed by atoms with E-state index in [1.54, 1.807) is 84.9 Å². The Morgan fingerprint density at radius 1 is 0.500 bits per heavy atom. The monoisotopic (exact) mass is 716 g/mol. The molecule has 5 rings (SSSR count). The molecule has 0 spiro atoms. The van der Waals surface area contributed by atoms with Crippen LogP contribution in [0.25, 0.3) is 0 Å². The van der Waals surface area contributed by atoms with E-state index in [2.05, 4.69) is 15.9 Å². The van der Waals surface area contributed by atoms with Gasteiger partial charge in [0.1, 0.15) is 18.0 Å². The first-order chi connectivity index (χ1) is 23.3. The molecule has 0 N–H and O–H groups in total. The van der Waals surface area contributed by atoms with Gasteiger partial charge in [-0.25, -0.2) is 19.2 Å². The molecular weight excluding hydrogens is 688 g/mol. The molecule has 1 fully saturated rings. The number of carbonyl (C=O) groups is 5. The molecule has 246 valence electrons. The van der Waals surface area contributed by atoms with Crippen molar-refractivity contribution in [1.82, 2.24) is 0 Å². The first-order valence-corrected chi connectivity index (χ1v) is 15.9. The Hall–Kier alpha value is -5.33. The number of carbonyl (C=O) groups excluding carboxylic acids is 5. The molecule has 4 aromatic rings. The second-order valence-corrected chi connectivity index (χ2v) is 10.9. The summed E-state index contributed by atoms with van der Waals surface area (Å²) in [6, 6.07) is 32.0. The third kappa shape index (κ3) is 8.72. The third-order valence-electron chi connectivity index (χ3n) is 7.09. The SMILES string of the molecule is O=C(CBr)O[C@@H]1[C@@H](OC(=O)c2ccccc2)[C@H](OC(=O)c2ccccc2)O[C@H](COC(=O)c2ccccc2)[C@H]1OC(=O)c1ccccc1. The van der Waals surface area contributed by atoms with Gasteiger partial charge in [0.15, 0.2) is 12.2 Å². The second-order valence-electron chi connectivity index (χ2n) is 10.3. The lowest BCUT2D eigenvalue weighted by Crippen LogP contribution is -2.63. The minimum atomic E-state index is -1.72. The van der Waals surface area contributed by atoms with Crippen molar-refractivity contribution in [2.24, 2.45) is 0 Å². The van der Waals surface area contributed by atoms with E-state index in [1.165, 1.54) is 36.4 Å². The van der Waals surface area contributed by atoms with Crippen LogP contribution >= 0.6 is 15.9 Å². The summed E-state index contributed by atoms with van der Waals surface area (Å²) in [5, 5.41) is -0.287. The highest BCUT2D eigenvalue weighted by Crippen LogP contribution is 2.32. The summed E-state index contributed by atoms with van der Waals surface area (Å²) < 4.78 is 34.8. The van der Waals surface area contributed by atoms with Crippen LogP contribution in [0.5, 0.6) is 0 Å². The summed E-state index contributed by atoms with van der Waals surface area (Å²) in [6.07, 6.45) is -7.87. The van der Waals surface area contributed by atoms with Gasteiger partial charge < -0.3 is 28.4 Å². The van der Waals surface area contributed by atoms with Gasteiger partial charge >= 0.3 is 29.8 Å². The Labute approximate surface area is 283 Å². The van der Waals surface area contributed by atoms with Crippen LogP contribution in [-0.2, 0) is 33.2 Å². The number of halogens is 1. The predicted octanol–water partition coefficient (Wildman–Crippen LogP) is 5.18. The van der Waals surface area contributed by atoms with Gasteiger partial charge in [0.2, 0.25) is 12.4 Å². The normalized spacial score (nSPS) is 20.1. The minimum Gasteiger partial charge on any atom is -0.459 e. The molecule has 1 aliphatic heterocycles. The van der Waals surface area contributed by atoms with E-state index < -0.39 is 67.2 Å². The second kappa shape index (κ2) is 16.5. The van der Waals surface area contributed by atoms with Crippen molar-refractivity contribution in [2.45, 2.75) is 30.7 Å². The van der Waals surface area contributed by atoms with E-state index in [0.717, 1.165) is 0 Å². The fraction of sp³-hybridized carbons (Fsp3) is 0.194. The molecule has 4 aromatic carbocycles. The Kier molecular flexibility index (Phi) is 11.7. The van der Waals surface area contributed by atoms with Crippen LogP contribution in [0.4, 0.5) is 0 Å². The van der Waals surface area contributed by atoms with E-state index in [-0.39, 0.29) is 27.6 Å². The number of ether oxygens (including phenoxy) is 6. The van der Waals surface area contributed by atoms with Crippen LogP contribution < -0.4 is 0 Å². The van der Waals surface area contributed by atoms with Gasteiger partial charge in [-0.2, -0.15) is 0 Å². The molecule has 12 heteroatoms. The number of alkyl halides is 1. The van der Waals surface area contributed by atoms with Crippen LogP contribution in [0.3, 0.4) is 0 Å². The van der Waals surface area contributed by atoms with Gasteiger partial charge in [-0.15, -0.1) is 0 Å². The molecule has 1 heterocycles. The summed E-state index contributed by atoms with van der Waals surface area (Å²) in [4.78, 5) is 65.8. The highest BCUT2D eigenvalue weighted by molar-refractivity contribution is 9.09. The van der Waals surface area contributed by atoms with Crippen molar-refractivity contribution in [3.05, 3.63) is 144 Å². The van der Waals surface area contributed by atoms with Gasteiger partial charge in [-0.1, -0.05) is 88.7 Å². The number of rotatable bonds is 11. The zero-order valence-corrected chi connectivity index (χ0v) is 26.8. The van der Waals surface area contributed by atoms with Gasteiger partial charge in [0.05, 0.1) is 22.3 Å². The van der Waals surface area contributed by atoms with E-state index in [9.17, 15) is 24.0 Å². The Morgan fingerprint density at radius 3 is 1.33 bits per heavy atom. The Balaban J connectivity index is 1.53. The maximum Gasteiger partial charge on any atom is 0.340 e. The van der Waals surface area contributed by atoms with Gasteiger partial charge in [-0.05, 0) is 48.5 Å². The molecule has 5 atom stereocenters. The van der Waals surface area contributed by atoms with Crippen LogP contribution in [0.15, 0.2) is 121 Å². The summed E-state index contributed by atoms with van der Waals surface area (Å²) in [5.41, 5.74) is 0.662. The van der Waals surface area contributed by atoms with Crippen LogP contribution in [-0.4, -0.2) is 72.5 Å². The minimum absolute atomic E-state index is 0.132. The average Bonchev–Trinajstić information content (AvgIpc) is 3.14. The van der Waals surface area contributed by atoms with Crippen LogP contribution in [0.1, 0.15) is 41.4 Å². The summed E-state index contributed by atoms with van der Waals surface area (Å²) in [7, 11) is 0. The number of hydrogen-bond acceptors (Lipinski definition) is 11. The lowest BCUT2D eigenvalue weighted by Gasteiger charge is -2.43. The van der Waals surface area contributed by atoms with Crippen LogP contribution in [0.2, 0.25) is 0 Å². The standard InChI is InChI=1S/C36H29BrO11/c37-21-28(38)45-30-29(46-33(40)24-15-7-2-8-16-24)27(22-43-32(39)23-13-5-1-6-14-23)44-36(48-35(42)26-19-11-4-12-20-26)31(30)47-34(41)25-17-9-3-10-18-25/h1-20,27,29-31,36H,21-22H2/t27-,29-,30+,31-,36+/m1/s1. The average molecular weight is 718 g/mol. The fourth-order valence-electron chi connectivity index (χ4n) is 4.79. The van der Waals surface area contributed by atoms with Gasteiger partial charge in [0, 0.05) is 0 Å². The van der Waals surface area contributed by atoms with Crippen molar-refractivity contribution in [3.8, 4) is 0 Å². The smallest absolute Gasteiger partial charge is 0.340 e. The van der Waals surface area contributed by atoms with Crippen LogP contribution in [0, 0.1) is 0 Å². The molecule has 0 aromatic heterocycles. The van der Waals surface area contributed by atoms with Crippen molar-refractivity contribution in [1.29, 1.82) is 0 Å². The quantitative estimate of drug-likeness (QED) is 0.115. The molecule has 0 aliphatic carbocycles. The molecule has 0 radical (unpaired) electrons. The molecule has 0 bridgehead atoms. The van der Waals surface area contributed by atoms with Crippen molar-refractivity contribution in [3.63, 3.8) is 0 Å². The predicted molar refractivity (Wildman–Crippen MR) is 172 cm³/mol. The lowest BCUT2D eigenvalue weighted by molar-refractivity contribution is -0.286. The molecule has 1 saturated heterocycles. The summed E-state index contributed by atoms with van der Waals surface area (Å²) in [6.45, 7) is -0.540. The number of esters is 5. The Bertz CT molecular complexity index is 1700. The maximum absolute atomic E-state index is 13.4. The van der Waals surface area contributed by atoms with Gasteiger partial charge in [0.25, 0.3) is 0 Å². The molecule has 0 amide bonds. The molecule has 11 nitrogen and oxygen atoms in total. The Morgan fingerprint density at radius 2 is 0.896 bits per heavy atom. The van der Waals surface area contributed by atoms with Crippen molar-refractivity contribution in [2.75, 3.05) is 11.9 Å². The zero-order valence-electron chi connectivity index (χ0n) is 25.2. The molecule has 0 saturated carbocycles. The summed E-state index contributed by atoms with van der Waals surface area (Å²) >= 11 is 3.06. The third-order valence-corrected chi connectivity index (χ3v) is 7.55. The molecule has 1 aliphatic rings. The fourth-order valence-corrected chi connectivity index (χ4v) is 4.92. The molecule has 0 unspecified atom stereocenters. The van der Waals surface area contributed by atoms with E-state index in [4.69, 9.17) is 28.4 Å². The van der Waals surface area contributed by atoms with Gasteiger partial charge in [-0.3, -0.25) is 4.79 Å². The number of benzene rings is 4. The summed E-state index contributed by atoms with van der Waals surface area (Å²) in [5.74, 6) is -4.11. The van der Waals surface area contributed by atoms with Crippen molar-refractivity contribution < 1.29 is 52.4 Å². The van der Waals surface area contributed by atoms with E-state index in [1.807, 2.05) is 0 Å². The highest BCUT2D eigenvalue weighted by Gasteiger charge is 2.54. The van der Waals surface area contributed by atoms with E-state index in [0.29, 0.717) is 0 Å². The van der Waals surface area contributed by atoms with E-state index >= 15 is 0 Å². The molecule has 48 heavy (non-hydrogen) atoms. The first kappa shape index (κ1) is 34.0. The largest absolute Gasteiger partial charge is 0.459 e.